The maximum atomic E-state index is 14.2. The van der Waals surface area contributed by atoms with Crippen molar-refractivity contribution in [3.05, 3.63) is 94.8 Å². The summed E-state index contributed by atoms with van der Waals surface area (Å²) < 4.78 is 20.0. The molecule has 29 heavy (non-hydrogen) atoms. The molecule has 2 unspecified atom stereocenters. The predicted molar refractivity (Wildman–Crippen MR) is 121 cm³/mol. The zero-order chi connectivity index (χ0) is 20.2. The fraction of sp³-hybridized carbons (Fsp3) is 0.280. The van der Waals surface area contributed by atoms with Crippen molar-refractivity contribution in [2.45, 2.75) is 36.4 Å². The number of rotatable bonds is 8. The van der Waals surface area contributed by atoms with Crippen LogP contribution in [0.5, 0.6) is 11.5 Å². The third kappa shape index (κ3) is 5.40. The first kappa shape index (κ1) is 20.4. The Morgan fingerprint density at radius 3 is 2.31 bits per heavy atom. The fourth-order valence-electron chi connectivity index (χ4n) is 3.78. The summed E-state index contributed by atoms with van der Waals surface area (Å²) in [6, 6.07) is 22.7. The van der Waals surface area contributed by atoms with Gasteiger partial charge in [-0.05, 0) is 85.0 Å². The molecule has 4 heteroatoms. The van der Waals surface area contributed by atoms with Crippen LogP contribution in [0.2, 0.25) is 5.02 Å². The molecule has 4 rings (SSSR count). The molecule has 1 nitrogen and oxygen atoms in total. The number of benzene rings is 3. The van der Waals surface area contributed by atoms with Crippen molar-refractivity contribution in [1.29, 1.82) is 0 Å². The van der Waals surface area contributed by atoms with Crippen LogP contribution in [-0.2, 0) is 0 Å². The molecule has 0 saturated heterocycles. The molecular weight excluding hydrogens is 451 g/mol. The van der Waals surface area contributed by atoms with Crippen molar-refractivity contribution in [3.63, 3.8) is 0 Å². The molecular formula is C25H23BrClFO. The van der Waals surface area contributed by atoms with Gasteiger partial charge in [0.2, 0.25) is 0 Å². The summed E-state index contributed by atoms with van der Waals surface area (Å²) in [6.45, 7) is 0. The van der Waals surface area contributed by atoms with Crippen LogP contribution in [0.25, 0.3) is 0 Å². The normalized spacial score (nSPS) is 15.7. The van der Waals surface area contributed by atoms with Gasteiger partial charge in [-0.25, -0.2) is 4.39 Å². The van der Waals surface area contributed by atoms with Gasteiger partial charge >= 0.3 is 0 Å². The van der Waals surface area contributed by atoms with Crippen molar-refractivity contribution in [1.82, 2.24) is 0 Å². The summed E-state index contributed by atoms with van der Waals surface area (Å²) in [6.07, 6.45) is 4.65. The molecule has 0 aliphatic heterocycles. The first-order chi connectivity index (χ1) is 14.1. The van der Waals surface area contributed by atoms with Gasteiger partial charge in [-0.15, -0.1) is 0 Å². The summed E-state index contributed by atoms with van der Waals surface area (Å²) in [4.78, 5) is 0.148. The summed E-state index contributed by atoms with van der Waals surface area (Å²) >= 11 is 9.87. The highest BCUT2D eigenvalue weighted by molar-refractivity contribution is 9.09. The van der Waals surface area contributed by atoms with Crippen LogP contribution in [0, 0.1) is 11.7 Å². The Morgan fingerprint density at radius 2 is 1.62 bits per heavy atom. The van der Waals surface area contributed by atoms with Crippen LogP contribution >= 0.6 is 27.5 Å². The zero-order valence-corrected chi connectivity index (χ0v) is 18.4. The first-order valence-electron chi connectivity index (χ1n) is 10.0. The van der Waals surface area contributed by atoms with Crippen molar-refractivity contribution in [2.24, 2.45) is 5.92 Å². The van der Waals surface area contributed by atoms with E-state index < -0.39 is 0 Å². The third-order valence-electron chi connectivity index (χ3n) is 5.51. The minimum atomic E-state index is -0.352. The Balaban J connectivity index is 1.44. The van der Waals surface area contributed by atoms with Gasteiger partial charge in [-0.1, -0.05) is 63.9 Å². The molecule has 3 aromatic carbocycles. The molecule has 0 aromatic heterocycles. The van der Waals surface area contributed by atoms with E-state index in [0.717, 1.165) is 29.3 Å². The summed E-state index contributed by atoms with van der Waals surface area (Å²) in [5.41, 5.74) is 2.40. The molecule has 0 radical (unpaired) electrons. The molecule has 1 aliphatic carbocycles. The molecule has 150 valence electrons. The van der Waals surface area contributed by atoms with Gasteiger partial charge in [0.15, 0.2) is 11.6 Å². The smallest absolute Gasteiger partial charge is 0.165 e. The van der Waals surface area contributed by atoms with Gasteiger partial charge in [0.05, 0.1) is 0 Å². The topological polar surface area (TPSA) is 9.23 Å². The Kier molecular flexibility index (Phi) is 6.56. The van der Waals surface area contributed by atoms with Crippen LogP contribution in [0.15, 0.2) is 72.8 Å². The van der Waals surface area contributed by atoms with Crippen LogP contribution in [0.3, 0.4) is 0 Å². The van der Waals surface area contributed by atoms with Crippen molar-refractivity contribution >= 4 is 27.5 Å². The van der Waals surface area contributed by atoms with Gasteiger partial charge in [-0.2, -0.15) is 0 Å². The van der Waals surface area contributed by atoms with Crippen LogP contribution < -0.4 is 4.74 Å². The molecule has 2 atom stereocenters. The average Bonchev–Trinajstić information content (AvgIpc) is 3.57. The zero-order valence-electron chi connectivity index (χ0n) is 16.0. The maximum absolute atomic E-state index is 14.2. The second-order valence-electron chi connectivity index (χ2n) is 7.65. The number of hydrogen-bond donors (Lipinski definition) is 0. The Morgan fingerprint density at radius 1 is 0.931 bits per heavy atom. The molecule has 0 bridgehead atoms. The highest BCUT2D eigenvalue weighted by atomic mass is 79.9. The number of alkyl halides is 1. The van der Waals surface area contributed by atoms with Crippen LogP contribution in [0.1, 0.15) is 47.6 Å². The average molecular weight is 474 g/mol. The molecule has 1 aliphatic rings. The molecule has 0 amide bonds. The molecule has 0 N–H and O–H groups in total. The lowest BCUT2D eigenvalue weighted by molar-refractivity contribution is 0.441. The second kappa shape index (κ2) is 9.32. The molecule has 1 saturated carbocycles. The molecule has 3 aromatic rings. The van der Waals surface area contributed by atoms with Crippen molar-refractivity contribution in [3.8, 4) is 11.5 Å². The summed E-state index contributed by atoms with van der Waals surface area (Å²) in [7, 11) is 0. The third-order valence-corrected chi connectivity index (χ3v) is 6.75. The van der Waals surface area contributed by atoms with E-state index in [1.54, 1.807) is 6.07 Å². The van der Waals surface area contributed by atoms with Crippen molar-refractivity contribution < 1.29 is 9.13 Å². The van der Waals surface area contributed by atoms with Gasteiger partial charge in [0.1, 0.15) is 5.75 Å². The van der Waals surface area contributed by atoms with E-state index in [-0.39, 0.29) is 16.4 Å². The Bertz CT molecular complexity index is 941. The second-order valence-corrected chi connectivity index (χ2v) is 9.19. The van der Waals surface area contributed by atoms with Gasteiger partial charge in [0.25, 0.3) is 0 Å². The quantitative estimate of drug-likeness (QED) is 0.297. The fourth-order valence-corrected chi connectivity index (χ4v) is 4.46. The van der Waals surface area contributed by atoms with Gasteiger partial charge in [-0.3, -0.25) is 0 Å². The Hall–Kier alpha value is -1.84. The summed E-state index contributed by atoms with van der Waals surface area (Å²) in [5, 5.41) is 0.777. The predicted octanol–water partition coefficient (Wildman–Crippen LogP) is 8.68. The minimum Gasteiger partial charge on any atom is -0.454 e. The largest absolute Gasteiger partial charge is 0.454 e. The Labute approximate surface area is 185 Å². The maximum Gasteiger partial charge on any atom is 0.165 e. The monoisotopic (exact) mass is 472 g/mol. The van der Waals surface area contributed by atoms with E-state index in [4.69, 9.17) is 16.3 Å². The molecule has 0 heterocycles. The SMILES string of the molecule is Fc1ccc(C(Br)CCC(c2ccc(Cl)cc2)C2CC2)cc1Oc1ccccc1. The molecule has 0 spiro atoms. The van der Waals surface area contributed by atoms with Crippen LogP contribution in [0.4, 0.5) is 4.39 Å². The van der Waals surface area contributed by atoms with E-state index in [0.29, 0.717) is 11.7 Å². The number of ether oxygens (including phenoxy) is 1. The molecule has 1 fully saturated rings. The summed E-state index contributed by atoms with van der Waals surface area (Å²) in [5.74, 6) is 1.85. The number of hydrogen-bond acceptors (Lipinski definition) is 1. The van der Waals surface area contributed by atoms with E-state index in [2.05, 4.69) is 28.1 Å². The van der Waals surface area contributed by atoms with Gasteiger partial charge in [0, 0.05) is 9.85 Å². The minimum absolute atomic E-state index is 0.148. The van der Waals surface area contributed by atoms with E-state index >= 15 is 0 Å². The highest BCUT2D eigenvalue weighted by Gasteiger charge is 2.32. The van der Waals surface area contributed by atoms with Crippen molar-refractivity contribution in [2.75, 3.05) is 0 Å². The first-order valence-corrected chi connectivity index (χ1v) is 11.3. The lowest BCUT2D eigenvalue weighted by Gasteiger charge is -2.19. The standard InChI is InChI=1S/C25H23BrClFO/c26-23(14-13-22(17-6-7-17)18-8-11-20(27)12-9-18)19-10-15-24(28)25(16-19)29-21-4-2-1-3-5-21/h1-5,8-12,15-17,22-23H,6-7,13-14H2. The van der Waals surface area contributed by atoms with E-state index in [1.807, 2.05) is 48.5 Å². The number of para-hydroxylation sites is 1. The van der Waals surface area contributed by atoms with Gasteiger partial charge < -0.3 is 4.74 Å². The van der Waals surface area contributed by atoms with E-state index in [1.165, 1.54) is 24.5 Å². The lowest BCUT2D eigenvalue weighted by Crippen LogP contribution is -2.03. The highest BCUT2D eigenvalue weighted by Crippen LogP contribution is 2.47. The number of halogens is 3. The van der Waals surface area contributed by atoms with E-state index in [9.17, 15) is 4.39 Å². The van der Waals surface area contributed by atoms with Crippen LogP contribution in [-0.4, -0.2) is 0 Å². The lowest BCUT2D eigenvalue weighted by atomic mass is 9.88.